The van der Waals surface area contributed by atoms with Crippen LogP contribution in [0.4, 0.5) is 13.9 Å². The van der Waals surface area contributed by atoms with Gasteiger partial charge < -0.3 is 14.2 Å². The van der Waals surface area contributed by atoms with E-state index in [0.29, 0.717) is 28.7 Å². The number of thiazole rings is 1. The van der Waals surface area contributed by atoms with Gasteiger partial charge in [0.05, 0.1) is 25.7 Å². The number of benzene rings is 3. The molecule has 4 rings (SSSR count). The Morgan fingerprint density at radius 3 is 2.54 bits per heavy atom. The highest BCUT2D eigenvalue weighted by Crippen LogP contribution is 2.39. The summed E-state index contributed by atoms with van der Waals surface area (Å²) in [5.41, 5.74) is 1.22. The molecule has 0 aliphatic rings. The van der Waals surface area contributed by atoms with Gasteiger partial charge in [0, 0.05) is 28.8 Å². The Labute approximate surface area is 215 Å². The van der Waals surface area contributed by atoms with Gasteiger partial charge in [-0.05, 0) is 42.3 Å². The van der Waals surface area contributed by atoms with E-state index in [2.05, 4.69) is 4.98 Å². The van der Waals surface area contributed by atoms with Gasteiger partial charge >= 0.3 is 0 Å². The fourth-order valence-corrected chi connectivity index (χ4v) is 5.14. The predicted molar refractivity (Wildman–Crippen MR) is 136 cm³/mol. The van der Waals surface area contributed by atoms with Gasteiger partial charge in [0.15, 0.2) is 10.9 Å². The summed E-state index contributed by atoms with van der Waals surface area (Å²) >= 11 is 8.86. The lowest BCUT2D eigenvalue weighted by Gasteiger charge is -2.22. The molecular formula is C25H21ClF2N2O3S2. The Morgan fingerprint density at radius 1 is 1.00 bits per heavy atom. The molecule has 0 saturated carbocycles. The number of methoxy groups -OCH3 is 2. The summed E-state index contributed by atoms with van der Waals surface area (Å²) in [6, 6.07) is 14.9. The van der Waals surface area contributed by atoms with Crippen LogP contribution in [0.15, 0.2) is 71.1 Å². The third-order valence-corrected chi connectivity index (χ3v) is 7.30. The van der Waals surface area contributed by atoms with E-state index in [0.717, 1.165) is 17.5 Å². The zero-order valence-corrected chi connectivity index (χ0v) is 21.2. The van der Waals surface area contributed by atoms with Crippen molar-refractivity contribution in [2.24, 2.45) is 0 Å². The molecule has 0 bridgehead atoms. The normalized spacial score (nSPS) is 10.8. The maximum Gasteiger partial charge on any atom is 0.195 e. The molecule has 0 aliphatic carbocycles. The molecule has 5 nitrogen and oxygen atoms in total. The van der Waals surface area contributed by atoms with Crippen LogP contribution in [-0.4, -0.2) is 19.2 Å². The van der Waals surface area contributed by atoms with Gasteiger partial charge in [-0.15, -0.1) is 11.3 Å². The van der Waals surface area contributed by atoms with Crippen LogP contribution in [0.5, 0.6) is 17.2 Å². The van der Waals surface area contributed by atoms with Crippen LogP contribution in [0.2, 0.25) is 5.02 Å². The second kappa shape index (κ2) is 11.6. The van der Waals surface area contributed by atoms with Crippen molar-refractivity contribution in [2.75, 3.05) is 18.5 Å². The number of rotatable bonds is 10. The lowest BCUT2D eigenvalue weighted by Crippen LogP contribution is -2.15. The van der Waals surface area contributed by atoms with Crippen LogP contribution < -0.4 is 18.5 Å². The van der Waals surface area contributed by atoms with Gasteiger partial charge in [-0.3, -0.25) is 4.31 Å². The Balaban J connectivity index is 1.56. The number of hydrogen-bond acceptors (Lipinski definition) is 7. The van der Waals surface area contributed by atoms with E-state index >= 15 is 4.39 Å². The predicted octanol–water partition coefficient (Wildman–Crippen LogP) is 7.38. The number of halogens is 3. The SMILES string of the molecule is COc1ccc(CN(Sc2ccc(OCc3ccccc3F)c(Cl)c2F)c2nccs2)c(OC)c1. The van der Waals surface area contributed by atoms with E-state index in [1.807, 2.05) is 21.8 Å². The molecule has 35 heavy (non-hydrogen) atoms. The molecule has 0 atom stereocenters. The molecule has 1 heterocycles. The Hall–Kier alpha value is -3.01. The standard InChI is InChI=1S/C25H21ClF2N2O3S2/c1-31-18-8-7-16(21(13-18)32-2)14-30(25-29-11-12-34-25)35-22-10-9-20(23(26)24(22)28)33-15-17-5-3-4-6-19(17)27/h3-13H,14-15H2,1-2H3. The van der Waals surface area contributed by atoms with E-state index in [1.54, 1.807) is 56.8 Å². The highest BCUT2D eigenvalue weighted by molar-refractivity contribution is 8.00. The van der Waals surface area contributed by atoms with Crippen LogP contribution >= 0.6 is 34.9 Å². The van der Waals surface area contributed by atoms with Crippen molar-refractivity contribution >= 4 is 40.0 Å². The zero-order chi connectivity index (χ0) is 24.8. The van der Waals surface area contributed by atoms with Crippen molar-refractivity contribution in [3.8, 4) is 17.2 Å². The third kappa shape index (κ3) is 5.98. The quantitative estimate of drug-likeness (QED) is 0.198. The molecule has 0 radical (unpaired) electrons. The summed E-state index contributed by atoms with van der Waals surface area (Å²) in [7, 11) is 3.17. The van der Waals surface area contributed by atoms with E-state index in [4.69, 9.17) is 25.8 Å². The molecule has 0 spiro atoms. The lowest BCUT2D eigenvalue weighted by atomic mass is 10.2. The number of aromatic nitrogens is 1. The highest BCUT2D eigenvalue weighted by atomic mass is 35.5. The molecular weight excluding hydrogens is 514 g/mol. The number of hydrogen-bond donors (Lipinski definition) is 0. The van der Waals surface area contributed by atoms with Gasteiger partial charge in [0.25, 0.3) is 0 Å². The topological polar surface area (TPSA) is 43.8 Å². The maximum absolute atomic E-state index is 15.3. The minimum atomic E-state index is -0.633. The van der Waals surface area contributed by atoms with Crippen LogP contribution in [0.3, 0.4) is 0 Å². The fourth-order valence-electron chi connectivity index (χ4n) is 3.20. The summed E-state index contributed by atoms with van der Waals surface area (Å²) in [5.74, 6) is 0.411. The molecule has 10 heteroatoms. The monoisotopic (exact) mass is 534 g/mol. The smallest absolute Gasteiger partial charge is 0.195 e. The first-order valence-corrected chi connectivity index (χ1v) is 12.4. The van der Waals surface area contributed by atoms with Crippen LogP contribution in [0.1, 0.15) is 11.1 Å². The third-order valence-electron chi connectivity index (χ3n) is 5.00. The minimum Gasteiger partial charge on any atom is -0.497 e. The summed E-state index contributed by atoms with van der Waals surface area (Å²) in [5, 5.41) is 2.35. The second-order valence-corrected chi connectivity index (χ2v) is 9.50. The Bertz CT molecular complexity index is 1290. The molecule has 0 N–H and O–H groups in total. The van der Waals surface area contributed by atoms with Gasteiger partial charge in [-0.1, -0.05) is 29.8 Å². The molecule has 182 valence electrons. The van der Waals surface area contributed by atoms with Crippen molar-refractivity contribution in [1.29, 1.82) is 0 Å². The van der Waals surface area contributed by atoms with Gasteiger partial charge in [0.1, 0.15) is 34.7 Å². The average Bonchev–Trinajstić information content (AvgIpc) is 3.42. The summed E-state index contributed by atoms with van der Waals surface area (Å²) in [6.07, 6.45) is 1.68. The first kappa shape index (κ1) is 25.1. The van der Waals surface area contributed by atoms with E-state index in [-0.39, 0.29) is 22.3 Å². The number of nitrogens with zero attached hydrogens (tertiary/aromatic N) is 2. The highest BCUT2D eigenvalue weighted by Gasteiger charge is 2.20. The minimum absolute atomic E-state index is 0.0686. The van der Waals surface area contributed by atoms with Crippen LogP contribution in [0.25, 0.3) is 0 Å². The van der Waals surface area contributed by atoms with E-state index in [1.165, 1.54) is 17.4 Å². The Kier molecular flexibility index (Phi) is 8.33. The average molecular weight is 535 g/mol. The molecule has 0 amide bonds. The van der Waals surface area contributed by atoms with Crippen molar-refractivity contribution in [1.82, 2.24) is 4.98 Å². The van der Waals surface area contributed by atoms with Gasteiger partial charge in [0.2, 0.25) is 0 Å². The molecule has 4 aromatic rings. The number of anilines is 1. The molecule has 3 aromatic carbocycles. The molecule has 0 aliphatic heterocycles. The second-order valence-electron chi connectivity index (χ2n) is 7.19. The van der Waals surface area contributed by atoms with Gasteiger partial charge in [-0.2, -0.15) is 0 Å². The Morgan fingerprint density at radius 2 is 1.83 bits per heavy atom. The first-order valence-electron chi connectivity index (χ1n) is 10.4. The molecule has 0 unspecified atom stereocenters. The summed E-state index contributed by atoms with van der Waals surface area (Å²) in [6.45, 7) is 0.314. The van der Waals surface area contributed by atoms with Gasteiger partial charge in [-0.25, -0.2) is 13.8 Å². The van der Waals surface area contributed by atoms with Crippen molar-refractivity contribution in [3.05, 3.63) is 94.0 Å². The van der Waals surface area contributed by atoms with E-state index in [9.17, 15) is 4.39 Å². The van der Waals surface area contributed by atoms with Crippen LogP contribution in [0, 0.1) is 11.6 Å². The van der Waals surface area contributed by atoms with Crippen molar-refractivity contribution < 1.29 is 23.0 Å². The van der Waals surface area contributed by atoms with E-state index < -0.39 is 11.6 Å². The zero-order valence-electron chi connectivity index (χ0n) is 18.8. The number of ether oxygens (including phenoxy) is 3. The maximum atomic E-state index is 15.3. The molecule has 1 aromatic heterocycles. The summed E-state index contributed by atoms with van der Waals surface area (Å²) < 4.78 is 47.4. The largest absolute Gasteiger partial charge is 0.497 e. The lowest BCUT2D eigenvalue weighted by molar-refractivity contribution is 0.298. The molecule has 0 fully saturated rings. The fraction of sp³-hybridized carbons (Fsp3) is 0.160. The summed E-state index contributed by atoms with van der Waals surface area (Å²) in [4.78, 5) is 4.67. The van der Waals surface area contributed by atoms with Crippen molar-refractivity contribution in [3.63, 3.8) is 0 Å². The first-order chi connectivity index (χ1) is 17.0. The van der Waals surface area contributed by atoms with Crippen molar-refractivity contribution in [2.45, 2.75) is 18.0 Å². The molecule has 0 saturated heterocycles. The van der Waals surface area contributed by atoms with Crippen LogP contribution in [-0.2, 0) is 13.2 Å².